The van der Waals surface area contributed by atoms with Crippen LogP contribution < -0.4 is 0 Å². The molecule has 0 aliphatic carbocycles. The molecule has 0 unspecified atom stereocenters. The molecule has 1 aliphatic heterocycles. The standard InChI is InChI=1S/C11H12ClF3N4O2/c1-3-18-8(7(12)5-16-18)9(20)19-10(21,11(13,14)15)4-6(2)17-19/h5,21H,3-4H2,1-2H3/t10-/m1/s1. The molecule has 1 N–H and O–H groups in total. The molecule has 2 rings (SSSR count). The van der Waals surface area contributed by atoms with Crippen LogP contribution in [0.1, 0.15) is 30.8 Å². The van der Waals surface area contributed by atoms with Crippen LogP contribution in [0.2, 0.25) is 5.02 Å². The van der Waals surface area contributed by atoms with E-state index in [1.54, 1.807) is 6.92 Å². The molecule has 1 aromatic rings. The Morgan fingerprint density at radius 3 is 2.71 bits per heavy atom. The van der Waals surface area contributed by atoms with Gasteiger partial charge >= 0.3 is 6.18 Å². The number of halogens is 4. The minimum absolute atomic E-state index is 0.0122. The van der Waals surface area contributed by atoms with E-state index in [9.17, 15) is 23.1 Å². The van der Waals surface area contributed by atoms with Gasteiger partial charge in [-0.2, -0.15) is 28.4 Å². The Bertz CT molecular complexity index is 613. The van der Waals surface area contributed by atoms with E-state index in [0.717, 1.165) is 10.9 Å². The summed E-state index contributed by atoms with van der Waals surface area (Å²) >= 11 is 5.80. The summed E-state index contributed by atoms with van der Waals surface area (Å²) < 4.78 is 40.4. The van der Waals surface area contributed by atoms with Crippen molar-refractivity contribution in [1.29, 1.82) is 0 Å². The molecule has 21 heavy (non-hydrogen) atoms. The second kappa shape index (κ2) is 4.99. The Morgan fingerprint density at radius 2 is 2.19 bits per heavy atom. The zero-order valence-electron chi connectivity index (χ0n) is 11.1. The van der Waals surface area contributed by atoms with Gasteiger partial charge in [0.2, 0.25) is 0 Å². The summed E-state index contributed by atoms with van der Waals surface area (Å²) in [5.74, 6) is -1.16. The van der Waals surface area contributed by atoms with Crippen LogP contribution >= 0.6 is 11.6 Å². The molecule has 0 fully saturated rings. The van der Waals surface area contributed by atoms with Crippen molar-refractivity contribution in [3.63, 3.8) is 0 Å². The van der Waals surface area contributed by atoms with Crippen LogP contribution in [0.25, 0.3) is 0 Å². The Kier molecular flexibility index (Phi) is 3.75. The van der Waals surface area contributed by atoms with Crippen LogP contribution in [0.5, 0.6) is 0 Å². The lowest BCUT2D eigenvalue weighted by atomic mass is 10.1. The van der Waals surface area contributed by atoms with Gasteiger partial charge in [-0.1, -0.05) is 11.6 Å². The van der Waals surface area contributed by atoms with Gasteiger partial charge in [0.1, 0.15) is 5.69 Å². The molecule has 116 valence electrons. The fourth-order valence-corrected chi connectivity index (χ4v) is 2.29. The lowest BCUT2D eigenvalue weighted by Crippen LogP contribution is -2.56. The zero-order chi connectivity index (χ0) is 16.0. The first kappa shape index (κ1) is 15.8. The van der Waals surface area contributed by atoms with E-state index >= 15 is 0 Å². The van der Waals surface area contributed by atoms with Crippen molar-refractivity contribution in [2.24, 2.45) is 5.10 Å². The van der Waals surface area contributed by atoms with E-state index in [1.807, 2.05) is 0 Å². The van der Waals surface area contributed by atoms with Crippen LogP contribution in [0.3, 0.4) is 0 Å². The molecule has 1 aromatic heterocycles. The van der Waals surface area contributed by atoms with Gasteiger partial charge in [0, 0.05) is 18.7 Å². The van der Waals surface area contributed by atoms with Crippen molar-refractivity contribution in [2.45, 2.75) is 38.7 Å². The number of hydrogen-bond donors (Lipinski definition) is 1. The van der Waals surface area contributed by atoms with Crippen molar-refractivity contribution in [3.05, 3.63) is 16.9 Å². The second-order valence-electron chi connectivity index (χ2n) is 4.60. The molecule has 0 aromatic carbocycles. The monoisotopic (exact) mass is 324 g/mol. The maximum absolute atomic E-state index is 13.1. The van der Waals surface area contributed by atoms with Gasteiger partial charge in [-0.3, -0.25) is 9.48 Å². The number of aryl methyl sites for hydroxylation is 1. The molecule has 0 spiro atoms. The SMILES string of the molecule is CCn1ncc(Cl)c1C(=O)N1N=C(C)C[C@@]1(O)C(F)(F)F. The lowest BCUT2D eigenvalue weighted by Gasteiger charge is -2.32. The number of nitrogens with zero attached hydrogens (tertiary/aromatic N) is 4. The van der Waals surface area contributed by atoms with E-state index < -0.39 is 24.2 Å². The summed E-state index contributed by atoms with van der Waals surface area (Å²) in [7, 11) is 0. The van der Waals surface area contributed by atoms with Crippen LogP contribution in [0.4, 0.5) is 13.2 Å². The summed E-state index contributed by atoms with van der Waals surface area (Å²) in [5, 5.41) is 17.1. The summed E-state index contributed by atoms with van der Waals surface area (Å²) in [6, 6.07) is 0. The van der Waals surface area contributed by atoms with Crippen LogP contribution in [-0.4, -0.2) is 43.4 Å². The highest BCUT2D eigenvalue weighted by atomic mass is 35.5. The maximum atomic E-state index is 13.1. The van der Waals surface area contributed by atoms with Crippen LogP contribution in [0, 0.1) is 0 Å². The maximum Gasteiger partial charge on any atom is 0.438 e. The number of rotatable bonds is 2. The number of amides is 1. The molecular formula is C11H12ClF3N4O2. The molecule has 0 bridgehead atoms. The highest BCUT2D eigenvalue weighted by Gasteiger charge is 2.63. The van der Waals surface area contributed by atoms with E-state index in [0.29, 0.717) is 0 Å². The number of carbonyl (C=O) groups is 1. The van der Waals surface area contributed by atoms with Gasteiger partial charge in [-0.25, -0.2) is 0 Å². The minimum Gasteiger partial charge on any atom is -0.362 e. The fourth-order valence-electron chi connectivity index (χ4n) is 2.07. The average Bonchev–Trinajstić information content (AvgIpc) is 2.88. The highest BCUT2D eigenvalue weighted by Crippen LogP contribution is 2.41. The molecule has 10 heteroatoms. The molecule has 0 saturated carbocycles. The third-order valence-corrected chi connectivity index (χ3v) is 3.34. The number of aliphatic hydroxyl groups is 1. The predicted molar refractivity (Wildman–Crippen MR) is 67.8 cm³/mol. The first-order valence-corrected chi connectivity index (χ1v) is 6.38. The summed E-state index contributed by atoms with van der Waals surface area (Å²) in [4.78, 5) is 12.3. The van der Waals surface area contributed by atoms with Gasteiger partial charge in [0.15, 0.2) is 0 Å². The van der Waals surface area contributed by atoms with E-state index in [2.05, 4.69) is 10.2 Å². The first-order chi connectivity index (χ1) is 9.61. The van der Waals surface area contributed by atoms with Crippen molar-refractivity contribution < 1.29 is 23.1 Å². The van der Waals surface area contributed by atoms with Crippen molar-refractivity contribution in [3.8, 4) is 0 Å². The number of carbonyl (C=O) groups excluding carboxylic acids is 1. The van der Waals surface area contributed by atoms with Crippen molar-refractivity contribution in [2.75, 3.05) is 0 Å². The third kappa shape index (κ3) is 2.40. The molecule has 2 heterocycles. The quantitative estimate of drug-likeness (QED) is 0.905. The van der Waals surface area contributed by atoms with Crippen LogP contribution in [-0.2, 0) is 6.54 Å². The number of alkyl halides is 3. The fraction of sp³-hybridized carbons (Fsp3) is 0.545. The predicted octanol–water partition coefficient (Wildman–Crippen LogP) is 2.03. The number of hydrazone groups is 1. The Morgan fingerprint density at radius 1 is 1.57 bits per heavy atom. The second-order valence-corrected chi connectivity index (χ2v) is 5.01. The smallest absolute Gasteiger partial charge is 0.362 e. The van der Waals surface area contributed by atoms with Crippen molar-refractivity contribution in [1.82, 2.24) is 14.8 Å². The average molecular weight is 325 g/mol. The third-order valence-electron chi connectivity index (χ3n) is 3.07. The molecule has 1 amide bonds. The van der Waals surface area contributed by atoms with Gasteiger partial charge in [-0.05, 0) is 13.8 Å². The van der Waals surface area contributed by atoms with E-state index in [-0.39, 0.29) is 28.0 Å². The minimum atomic E-state index is -5.05. The van der Waals surface area contributed by atoms with Gasteiger partial charge in [0.05, 0.1) is 11.2 Å². The van der Waals surface area contributed by atoms with Gasteiger partial charge in [-0.15, -0.1) is 0 Å². The summed E-state index contributed by atoms with van der Waals surface area (Å²) in [6.45, 7) is 3.17. The first-order valence-electron chi connectivity index (χ1n) is 6.01. The number of hydrogen-bond acceptors (Lipinski definition) is 4. The van der Waals surface area contributed by atoms with Gasteiger partial charge in [0.25, 0.3) is 11.6 Å². The van der Waals surface area contributed by atoms with E-state index in [1.165, 1.54) is 6.92 Å². The topological polar surface area (TPSA) is 70.7 Å². The lowest BCUT2D eigenvalue weighted by molar-refractivity contribution is -0.297. The zero-order valence-corrected chi connectivity index (χ0v) is 11.9. The van der Waals surface area contributed by atoms with E-state index in [4.69, 9.17) is 11.6 Å². The molecule has 6 nitrogen and oxygen atoms in total. The molecule has 1 aliphatic rings. The summed E-state index contributed by atoms with van der Waals surface area (Å²) in [6.07, 6.45) is -4.70. The highest BCUT2D eigenvalue weighted by molar-refractivity contribution is 6.33. The Labute approximate surface area is 122 Å². The number of aromatic nitrogens is 2. The largest absolute Gasteiger partial charge is 0.438 e. The van der Waals surface area contributed by atoms with Crippen LogP contribution in [0.15, 0.2) is 11.3 Å². The molecule has 0 radical (unpaired) electrons. The molecular weight excluding hydrogens is 313 g/mol. The van der Waals surface area contributed by atoms with Crippen molar-refractivity contribution >= 4 is 23.2 Å². The summed E-state index contributed by atoms with van der Waals surface area (Å²) in [5.41, 5.74) is -3.64. The Balaban J connectivity index is 2.48. The Hall–Kier alpha value is -1.61. The normalized spacial score (nSPS) is 22.6. The molecule has 0 saturated heterocycles. The van der Waals surface area contributed by atoms with Gasteiger partial charge < -0.3 is 5.11 Å². The molecule has 1 atom stereocenters.